The number of hydrogen-bond acceptors (Lipinski definition) is 3. The molecule has 0 bridgehead atoms. The van der Waals surface area contributed by atoms with Gasteiger partial charge in [-0.15, -0.1) is 11.3 Å². The summed E-state index contributed by atoms with van der Waals surface area (Å²) < 4.78 is 1.87. The molecule has 18 heavy (non-hydrogen) atoms. The summed E-state index contributed by atoms with van der Waals surface area (Å²) >= 11 is 10.3. The summed E-state index contributed by atoms with van der Waals surface area (Å²) in [6.45, 7) is 0. The highest BCUT2D eigenvalue weighted by Gasteiger charge is 2.23. The third kappa shape index (κ3) is 3.74. The Labute approximate surface area is 133 Å². The van der Waals surface area contributed by atoms with Crippen LogP contribution in [0.15, 0.2) is 13.6 Å². The third-order valence-corrected chi connectivity index (χ3v) is 6.72. The Hall–Kier alpha value is 0.480. The van der Waals surface area contributed by atoms with E-state index in [2.05, 4.69) is 43.4 Å². The molecule has 6 heteroatoms. The van der Waals surface area contributed by atoms with E-state index >= 15 is 0 Å². The van der Waals surface area contributed by atoms with E-state index in [4.69, 9.17) is 0 Å². The second-order valence-corrected chi connectivity index (χ2v) is 9.31. The molecule has 1 heterocycles. The third-order valence-electron chi connectivity index (χ3n) is 3.24. The van der Waals surface area contributed by atoms with E-state index in [0.29, 0.717) is 6.04 Å². The predicted molar refractivity (Wildman–Crippen MR) is 86.7 cm³/mol. The quantitative estimate of drug-likeness (QED) is 0.780. The van der Waals surface area contributed by atoms with Gasteiger partial charge >= 0.3 is 0 Å². The van der Waals surface area contributed by atoms with Crippen molar-refractivity contribution in [3.8, 4) is 0 Å². The molecule has 1 aromatic heterocycles. The van der Waals surface area contributed by atoms with Gasteiger partial charge < -0.3 is 5.32 Å². The molecule has 1 saturated carbocycles. The Balaban J connectivity index is 1.90. The van der Waals surface area contributed by atoms with Gasteiger partial charge in [-0.05, 0) is 69.9 Å². The van der Waals surface area contributed by atoms with Crippen molar-refractivity contribution in [3.05, 3.63) is 19.2 Å². The monoisotopic (exact) mass is 411 g/mol. The average Bonchev–Trinajstić information content (AvgIpc) is 2.69. The van der Waals surface area contributed by atoms with Crippen molar-refractivity contribution < 1.29 is 4.79 Å². The lowest BCUT2D eigenvalue weighted by Crippen LogP contribution is -2.38. The number of rotatable bonds is 3. The number of amides is 1. The molecule has 0 atom stereocenters. The Bertz CT molecular complexity index is 428. The molecule has 1 N–H and O–H groups in total. The number of carbonyl (C=O) groups is 1. The van der Waals surface area contributed by atoms with Gasteiger partial charge in [0, 0.05) is 11.3 Å². The lowest BCUT2D eigenvalue weighted by Gasteiger charge is -2.27. The summed E-state index contributed by atoms with van der Waals surface area (Å²) in [4.78, 5) is 12.1. The van der Waals surface area contributed by atoms with Crippen molar-refractivity contribution in [2.75, 3.05) is 6.26 Å². The summed E-state index contributed by atoms with van der Waals surface area (Å²) in [6.07, 6.45) is 6.78. The van der Waals surface area contributed by atoms with Gasteiger partial charge in [0.15, 0.2) is 0 Å². The van der Waals surface area contributed by atoms with Crippen molar-refractivity contribution >= 4 is 60.9 Å². The SMILES string of the molecule is CSC1CCC(NC(=O)c2cc(Br)sc2Br)CC1. The van der Waals surface area contributed by atoms with Crippen LogP contribution in [0.5, 0.6) is 0 Å². The van der Waals surface area contributed by atoms with Crippen molar-refractivity contribution in [2.45, 2.75) is 37.0 Å². The zero-order chi connectivity index (χ0) is 13.1. The van der Waals surface area contributed by atoms with Crippen LogP contribution in [0.4, 0.5) is 0 Å². The Morgan fingerprint density at radius 3 is 2.56 bits per heavy atom. The molecule has 2 rings (SSSR count). The number of hydrogen-bond donors (Lipinski definition) is 1. The molecule has 1 fully saturated rings. The second-order valence-electron chi connectivity index (χ2n) is 4.42. The van der Waals surface area contributed by atoms with Gasteiger partial charge in [0.25, 0.3) is 5.91 Å². The van der Waals surface area contributed by atoms with Gasteiger partial charge in [0.1, 0.15) is 0 Å². The number of nitrogens with one attached hydrogen (secondary N) is 1. The zero-order valence-electron chi connectivity index (χ0n) is 10.0. The fraction of sp³-hybridized carbons (Fsp3) is 0.583. The molecule has 1 aliphatic carbocycles. The van der Waals surface area contributed by atoms with Gasteiger partial charge in [-0.1, -0.05) is 0 Å². The van der Waals surface area contributed by atoms with Gasteiger partial charge in [-0.3, -0.25) is 4.79 Å². The minimum atomic E-state index is 0.0384. The van der Waals surface area contributed by atoms with E-state index < -0.39 is 0 Å². The van der Waals surface area contributed by atoms with Gasteiger partial charge in [0.2, 0.25) is 0 Å². The molecule has 100 valence electrons. The normalized spacial score (nSPS) is 23.9. The number of thioether (sulfide) groups is 1. The molecule has 0 aliphatic heterocycles. The minimum Gasteiger partial charge on any atom is -0.349 e. The molecule has 1 aromatic rings. The number of halogens is 2. The first kappa shape index (κ1) is 14.9. The van der Waals surface area contributed by atoms with E-state index in [-0.39, 0.29) is 5.91 Å². The maximum absolute atomic E-state index is 12.1. The Kier molecular flexibility index (Phi) is 5.60. The smallest absolute Gasteiger partial charge is 0.253 e. The van der Waals surface area contributed by atoms with Crippen molar-refractivity contribution in [1.29, 1.82) is 0 Å². The Morgan fingerprint density at radius 2 is 2.06 bits per heavy atom. The maximum atomic E-state index is 12.1. The first-order chi connectivity index (χ1) is 8.60. The van der Waals surface area contributed by atoms with Crippen molar-refractivity contribution in [3.63, 3.8) is 0 Å². The van der Waals surface area contributed by atoms with Crippen LogP contribution in [0.1, 0.15) is 36.0 Å². The van der Waals surface area contributed by atoms with Gasteiger partial charge in [-0.25, -0.2) is 0 Å². The summed E-state index contributed by atoms with van der Waals surface area (Å²) in [5.74, 6) is 0.0384. The summed E-state index contributed by atoms with van der Waals surface area (Å²) in [5.41, 5.74) is 0.735. The predicted octanol–water partition coefficient (Wildman–Crippen LogP) is 4.68. The van der Waals surface area contributed by atoms with Crippen LogP contribution in [0.3, 0.4) is 0 Å². The molecule has 0 unspecified atom stereocenters. The van der Waals surface area contributed by atoms with Gasteiger partial charge in [-0.2, -0.15) is 11.8 Å². The van der Waals surface area contributed by atoms with E-state index in [9.17, 15) is 4.79 Å². The molecular weight excluding hydrogens is 398 g/mol. The van der Waals surface area contributed by atoms with Crippen LogP contribution >= 0.6 is 55.0 Å². The Morgan fingerprint density at radius 1 is 1.39 bits per heavy atom. The fourth-order valence-electron chi connectivity index (χ4n) is 2.20. The van der Waals surface area contributed by atoms with Crippen LogP contribution < -0.4 is 5.32 Å². The van der Waals surface area contributed by atoms with Crippen LogP contribution in [0.2, 0.25) is 0 Å². The molecule has 0 aromatic carbocycles. The maximum Gasteiger partial charge on any atom is 0.253 e. The van der Waals surface area contributed by atoms with E-state index in [1.807, 2.05) is 17.8 Å². The first-order valence-corrected chi connectivity index (χ1v) is 9.57. The topological polar surface area (TPSA) is 29.1 Å². The van der Waals surface area contributed by atoms with Crippen LogP contribution in [0.25, 0.3) is 0 Å². The zero-order valence-corrected chi connectivity index (χ0v) is 14.8. The highest BCUT2D eigenvalue weighted by atomic mass is 79.9. The standard InChI is InChI=1S/C12H15Br2NOS2/c1-17-8-4-2-7(3-5-8)15-12(16)9-6-10(13)18-11(9)14/h6-8H,2-5H2,1H3,(H,15,16). The molecule has 0 radical (unpaired) electrons. The lowest BCUT2D eigenvalue weighted by atomic mass is 9.95. The van der Waals surface area contributed by atoms with Crippen molar-refractivity contribution in [1.82, 2.24) is 5.32 Å². The molecule has 2 nitrogen and oxygen atoms in total. The molecular formula is C12H15Br2NOS2. The second kappa shape index (κ2) is 6.77. The van der Waals surface area contributed by atoms with Crippen LogP contribution in [-0.2, 0) is 0 Å². The van der Waals surface area contributed by atoms with E-state index in [1.54, 1.807) is 0 Å². The van der Waals surface area contributed by atoms with Crippen molar-refractivity contribution in [2.24, 2.45) is 0 Å². The summed E-state index contributed by atoms with van der Waals surface area (Å²) in [5, 5.41) is 3.92. The minimum absolute atomic E-state index is 0.0384. The largest absolute Gasteiger partial charge is 0.349 e. The fourth-order valence-corrected chi connectivity index (χ4v) is 5.74. The van der Waals surface area contributed by atoms with E-state index in [1.165, 1.54) is 24.2 Å². The van der Waals surface area contributed by atoms with E-state index in [0.717, 1.165) is 31.2 Å². The van der Waals surface area contributed by atoms with Crippen LogP contribution in [-0.4, -0.2) is 23.5 Å². The average molecular weight is 413 g/mol. The highest BCUT2D eigenvalue weighted by Crippen LogP contribution is 2.32. The molecule has 0 saturated heterocycles. The molecule has 0 spiro atoms. The highest BCUT2D eigenvalue weighted by molar-refractivity contribution is 9.12. The lowest BCUT2D eigenvalue weighted by molar-refractivity contribution is 0.0928. The first-order valence-electron chi connectivity index (χ1n) is 5.88. The van der Waals surface area contributed by atoms with Gasteiger partial charge in [0.05, 0.1) is 13.1 Å². The van der Waals surface area contributed by atoms with Crippen LogP contribution in [0, 0.1) is 0 Å². The molecule has 1 aliphatic rings. The summed E-state index contributed by atoms with van der Waals surface area (Å²) in [6, 6.07) is 2.21. The number of carbonyl (C=O) groups excluding carboxylic acids is 1. The number of thiophene rings is 1. The summed E-state index contributed by atoms with van der Waals surface area (Å²) in [7, 11) is 0. The molecule has 1 amide bonds.